The zero-order valence-electron chi connectivity index (χ0n) is 8.15. The second kappa shape index (κ2) is 5.55. The fraction of sp³-hybridized carbons (Fsp3) is 0.400. The predicted molar refractivity (Wildman–Crippen MR) is 71.5 cm³/mol. The molecular weight excluding hydrogens is 392 g/mol. The van der Waals surface area contributed by atoms with Crippen molar-refractivity contribution in [2.24, 2.45) is 0 Å². The van der Waals surface area contributed by atoms with Gasteiger partial charge in [0.1, 0.15) is 0 Å². The van der Waals surface area contributed by atoms with Gasteiger partial charge >= 0.3 is 0 Å². The van der Waals surface area contributed by atoms with Gasteiger partial charge in [-0.1, -0.05) is 13.3 Å². The van der Waals surface area contributed by atoms with E-state index in [1.807, 2.05) is 0 Å². The normalized spacial score (nSPS) is 10.7. The highest BCUT2D eigenvalue weighted by Gasteiger charge is 2.18. The van der Waals surface area contributed by atoms with Gasteiger partial charge in [0, 0.05) is 10.0 Å². The first-order chi connectivity index (χ1) is 7.00. The third-order valence-corrected chi connectivity index (χ3v) is 5.65. The van der Waals surface area contributed by atoms with Crippen molar-refractivity contribution in [1.29, 1.82) is 0 Å². The van der Waals surface area contributed by atoms with Crippen molar-refractivity contribution in [3.63, 3.8) is 0 Å². The summed E-state index contributed by atoms with van der Waals surface area (Å²) in [4.78, 5) is 0. The van der Waals surface area contributed by atoms with Crippen LogP contribution in [0.3, 0.4) is 0 Å². The van der Waals surface area contributed by atoms with E-state index in [-0.39, 0.29) is 11.5 Å². The molecule has 0 saturated heterocycles. The molecule has 1 aromatic carbocycles. The number of halogens is 3. The number of phenolic OH excluding ortho intramolecular Hbond substituents is 2. The molecule has 0 aliphatic carbocycles. The SMILES string of the molecule is CCCCc1c(O)c(O)c(Br)c(Br)c1Br. The molecule has 0 atom stereocenters. The monoisotopic (exact) mass is 400 g/mol. The summed E-state index contributed by atoms with van der Waals surface area (Å²) in [5, 5.41) is 19.4. The Morgan fingerprint density at radius 3 is 2.07 bits per heavy atom. The minimum atomic E-state index is -0.115. The summed E-state index contributed by atoms with van der Waals surface area (Å²) in [5.41, 5.74) is 0.740. The molecule has 0 saturated carbocycles. The Morgan fingerprint density at radius 2 is 1.53 bits per heavy atom. The number of unbranched alkanes of at least 4 members (excludes halogenated alkanes) is 1. The quantitative estimate of drug-likeness (QED) is 0.567. The number of hydrogen-bond acceptors (Lipinski definition) is 2. The van der Waals surface area contributed by atoms with E-state index in [2.05, 4.69) is 54.7 Å². The molecule has 5 heteroatoms. The number of rotatable bonds is 3. The van der Waals surface area contributed by atoms with E-state index in [1.54, 1.807) is 0 Å². The first-order valence-corrected chi connectivity index (χ1v) is 6.95. The maximum Gasteiger partial charge on any atom is 0.173 e. The highest BCUT2D eigenvalue weighted by Crippen LogP contribution is 2.47. The van der Waals surface area contributed by atoms with Gasteiger partial charge in [0.15, 0.2) is 11.5 Å². The second-order valence-corrected chi connectivity index (χ2v) is 5.60. The molecule has 0 amide bonds. The number of hydrogen-bond donors (Lipinski definition) is 2. The Bertz CT molecular complexity index is 348. The van der Waals surface area contributed by atoms with Crippen LogP contribution in [0.15, 0.2) is 13.4 Å². The van der Waals surface area contributed by atoms with Gasteiger partial charge in [-0.25, -0.2) is 0 Å². The Morgan fingerprint density at radius 1 is 0.933 bits per heavy atom. The third kappa shape index (κ3) is 2.68. The molecular formula is C10H11Br3O2. The van der Waals surface area contributed by atoms with Gasteiger partial charge < -0.3 is 10.2 Å². The zero-order valence-corrected chi connectivity index (χ0v) is 12.9. The van der Waals surface area contributed by atoms with Crippen LogP contribution in [0.4, 0.5) is 0 Å². The van der Waals surface area contributed by atoms with E-state index in [1.165, 1.54) is 0 Å². The van der Waals surface area contributed by atoms with Crippen molar-refractivity contribution in [2.45, 2.75) is 26.2 Å². The largest absolute Gasteiger partial charge is 0.504 e. The first kappa shape index (κ1) is 13.3. The van der Waals surface area contributed by atoms with Gasteiger partial charge in [0.05, 0.1) is 8.95 Å². The second-order valence-electron chi connectivity index (χ2n) is 3.22. The summed E-state index contributed by atoms with van der Waals surface area (Å²) in [6.07, 6.45) is 2.75. The summed E-state index contributed by atoms with van der Waals surface area (Å²) in [7, 11) is 0. The Kier molecular flexibility index (Phi) is 4.93. The molecule has 0 fully saturated rings. The maximum absolute atomic E-state index is 9.78. The zero-order chi connectivity index (χ0) is 11.6. The van der Waals surface area contributed by atoms with Crippen molar-refractivity contribution in [2.75, 3.05) is 0 Å². The van der Waals surface area contributed by atoms with Gasteiger partial charge in [0.25, 0.3) is 0 Å². The van der Waals surface area contributed by atoms with Crippen molar-refractivity contribution in [3.05, 3.63) is 19.0 Å². The van der Waals surface area contributed by atoms with E-state index >= 15 is 0 Å². The van der Waals surface area contributed by atoms with Gasteiger partial charge in [-0.15, -0.1) is 0 Å². The van der Waals surface area contributed by atoms with Crippen molar-refractivity contribution in [3.8, 4) is 11.5 Å². The average Bonchev–Trinajstić information content (AvgIpc) is 2.24. The molecule has 0 heterocycles. The van der Waals surface area contributed by atoms with Gasteiger partial charge in [-0.3, -0.25) is 0 Å². The van der Waals surface area contributed by atoms with Crippen LogP contribution in [-0.2, 0) is 6.42 Å². The summed E-state index contributed by atoms with van der Waals surface area (Å²) >= 11 is 9.94. The lowest BCUT2D eigenvalue weighted by molar-refractivity contribution is 0.395. The molecule has 0 unspecified atom stereocenters. The highest BCUT2D eigenvalue weighted by molar-refractivity contribution is 9.14. The number of aromatic hydroxyl groups is 2. The van der Waals surface area contributed by atoms with E-state index in [0.717, 1.165) is 33.8 Å². The van der Waals surface area contributed by atoms with Gasteiger partial charge in [0.2, 0.25) is 0 Å². The maximum atomic E-state index is 9.78. The van der Waals surface area contributed by atoms with E-state index in [0.29, 0.717) is 4.47 Å². The summed E-state index contributed by atoms with van der Waals surface area (Å²) in [5.74, 6) is -0.165. The van der Waals surface area contributed by atoms with E-state index < -0.39 is 0 Å². The van der Waals surface area contributed by atoms with Crippen LogP contribution < -0.4 is 0 Å². The fourth-order valence-electron chi connectivity index (χ4n) is 1.27. The van der Waals surface area contributed by atoms with Crippen LogP contribution in [0.2, 0.25) is 0 Å². The Hall–Kier alpha value is 0.260. The summed E-state index contributed by atoms with van der Waals surface area (Å²) in [6.45, 7) is 2.08. The highest BCUT2D eigenvalue weighted by atomic mass is 79.9. The minimum absolute atomic E-state index is 0.0506. The van der Waals surface area contributed by atoms with Gasteiger partial charge in [-0.05, 0) is 60.6 Å². The van der Waals surface area contributed by atoms with Crippen molar-refractivity contribution < 1.29 is 10.2 Å². The number of phenols is 2. The van der Waals surface area contributed by atoms with Crippen LogP contribution >= 0.6 is 47.8 Å². The fourth-order valence-corrected chi connectivity index (χ4v) is 2.93. The van der Waals surface area contributed by atoms with Crippen LogP contribution in [0.5, 0.6) is 11.5 Å². The molecule has 1 rings (SSSR count). The molecule has 15 heavy (non-hydrogen) atoms. The molecule has 0 radical (unpaired) electrons. The van der Waals surface area contributed by atoms with Crippen molar-refractivity contribution in [1.82, 2.24) is 0 Å². The van der Waals surface area contributed by atoms with Crippen LogP contribution in [-0.4, -0.2) is 10.2 Å². The Labute approximate surface area is 114 Å². The van der Waals surface area contributed by atoms with E-state index in [4.69, 9.17) is 0 Å². The van der Waals surface area contributed by atoms with Crippen LogP contribution in [0.1, 0.15) is 25.3 Å². The molecule has 2 nitrogen and oxygen atoms in total. The average molecular weight is 403 g/mol. The smallest absolute Gasteiger partial charge is 0.173 e. The van der Waals surface area contributed by atoms with Gasteiger partial charge in [-0.2, -0.15) is 0 Å². The molecule has 0 aromatic heterocycles. The molecule has 0 aliphatic heterocycles. The predicted octanol–water partition coefficient (Wildman–Crippen LogP) is 4.73. The molecule has 1 aromatic rings. The molecule has 0 aliphatic rings. The summed E-state index contributed by atoms with van der Waals surface area (Å²) in [6, 6.07) is 0. The topological polar surface area (TPSA) is 40.5 Å². The molecule has 2 N–H and O–H groups in total. The molecule has 0 spiro atoms. The first-order valence-electron chi connectivity index (χ1n) is 4.57. The van der Waals surface area contributed by atoms with Crippen molar-refractivity contribution >= 4 is 47.8 Å². The van der Waals surface area contributed by atoms with E-state index in [9.17, 15) is 10.2 Å². The lowest BCUT2D eigenvalue weighted by atomic mass is 10.1. The molecule has 0 bridgehead atoms. The third-order valence-electron chi connectivity index (χ3n) is 2.15. The summed E-state index contributed by atoms with van der Waals surface area (Å²) < 4.78 is 1.98. The minimum Gasteiger partial charge on any atom is -0.504 e. The Balaban J connectivity index is 3.26. The lowest BCUT2D eigenvalue weighted by Gasteiger charge is -2.12. The standard InChI is InChI=1S/C10H11Br3O2/c1-2-3-4-5-6(11)7(12)8(13)10(15)9(5)14/h14-15H,2-4H2,1H3. The van der Waals surface area contributed by atoms with Crippen LogP contribution in [0, 0.1) is 0 Å². The number of benzene rings is 1. The molecule has 84 valence electrons. The lowest BCUT2D eigenvalue weighted by Crippen LogP contribution is -1.91. The van der Waals surface area contributed by atoms with Crippen LogP contribution in [0.25, 0.3) is 0 Å².